The van der Waals surface area contributed by atoms with E-state index < -0.39 is 0 Å². The van der Waals surface area contributed by atoms with Crippen LogP contribution in [0, 0.1) is 11.3 Å². The van der Waals surface area contributed by atoms with E-state index in [1.165, 1.54) is 10.3 Å². The smallest absolute Gasteiger partial charge is 0.0991 e. The highest BCUT2D eigenvalue weighted by atomic mass is 16.5. The number of aromatic nitrogens is 1. The number of hydrogen-bond acceptors (Lipinski definition) is 2. The van der Waals surface area contributed by atoms with E-state index in [4.69, 9.17) is 5.26 Å². The molecule has 86 valence electrons. The highest BCUT2D eigenvalue weighted by molar-refractivity contribution is 5.87. The molecular formula is C14H14N2O. The zero-order valence-corrected chi connectivity index (χ0v) is 9.77. The van der Waals surface area contributed by atoms with Crippen LogP contribution in [0.2, 0.25) is 0 Å². The summed E-state index contributed by atoms with van der Waals surface area (Å²) in [4.78, 5) is 0. The average molecular weight is 226 g/mol. The van der Waals surface area contributed by atoms with Crippen molar-refractivity contribution >= 4 is 10.9 Å². The third-order valence-corrected chi connectivity index (χ3v) is 3.75. The second kappa shape index (κ2) is 3.53. The van der Waals surface area contributed by atoms with Crippen LogP contribution < -0.4 is 0 Å². The number of aryl methyl sites for hydroxylation is 1. The predicted octanol–water partition coefficient (Wildman–Crippen LogP) is 3.19. The van der Waals surface area contributed by atoms with Crippen LogP contribution in [0.1, 0.15) is 42.5 Å². The molecule has 0 fully saturated rings. The lowest BCUT2D eigenvalue weighted by Gasteiger charge is -2.19. The predicted molar refractivity (Wildman–Crippen MR) is 65.2 cm³/mol. The van der Waals surface area contributed by atoms with E-state index in [-0.39, 0.29) is 0 Å². The van der Waals surface area contributed by atoms with Crippen molar-refractivity contribution in [1.82, 2.24) is 4.73 Å². The van der Waals surface area contributed by atoms with Gasteiger partial charge in [-0.2, -0.15) is 9.99 Å². The summed E-state index contributed by atoms with van der Waals surface area (Å²) in [7, 11) is 0. The van der Waals surface area contributed by atoms with Gasteiger partial charge in [0, 0.05) is 11.3 Å². The molecule has 3 heteroatoms. The normalized spacial score (nSPS) is 18.9. The van der Waals surface area contributed by atoms with Crippen LogP contribution in [0.15, 0.2) is 18.2 Å². The third-order valence-electron chi connectivity index (χ3n) is 3.75. The van der Waals surface area contributed by atoms with E-state index in [0.717, 1.165) is 35.9 Å². The van der Waals surface area contributed by atoms with Crippen LogP contribution in [-0.2, 0) is 6.42 Å². The molecule has 1 heterocycles. The lowest BCUT2D eigenvalue weighted by Crippen LogP contribution is -2.10. The van der Waals surface area contributed by atoms with E-state index in [0.29, 0.717) is 11.5 Å². The van der Waals surface area contributed by atoms with Gasteiger partial charge in [-0.15, -0.1) is 0 Å². The van der Waals surface area contributed by atoms with Crippen molar-refractivity contribution in [2.24, 2.45) is 0 Å². The summed E-state index contributed by atoms with van der Waals surface area (Å²) in [5.74, 6) is 0.390. The van der Waals surface area contributed by atoms with Crippen molar-refractivity contribution in [3.63, 3.8) is 0 Å². The van der Waals surface area contributed by atoms with Gasteiger partial charge in [0.1, 0.15) is 0 Å². The van der Waals surface area contributed by atoms with E-state index in [1.807, 2.05) is 12.1 Å². The molecule has 1 aliphatic rings. The fraction of sp³-hybridized carbons (Fsp3) is 0.357. The van der Waals surface area contributed by atoms with Crippen molar-refractivity contribution in [3.05, 3.63) is 35.0 Å². The van der Waals surface area contributed by atoms with Crippen LogP contribution in [0.4, 0.5) is 0 Å². The van der Waals surface area contributed by atoms with Crippen molar-refractivity contribution in [2.45, 2.75) is 32.1 Å². The molecule has 2 aromatic rings. The minimum absolute atomic E-state index is 0.390. The fourth-order valence-electron chi connectivity index (χ4n) is 2.92. The van der Waals surface area contributed by atoms with E-state index in [1.54, 1.807) is 6.07 Å². The van der Waals surface area contributed by atoms with Gasteiger partial charge >= 0.3 is 0 Å². The molecule has 0 bridgehead atoms. The summed E-state index contributed by atoms with van der Waals surface area (Å²) in [5, 5.41) is 20.2. The number of hydrogen-bond donors (Lipinski definition) is 1. The Labute approximate surface area is 99.9 Å². The Morgan fingerprint density at radius 2 is 2.29 bits per heavy atom. The third kappa shape index (κ3) is 1.34. The number of nitrogens with zero attached hydrogens (tertiary/aromatic N) is 2. The molecule has 1 aliphatic carbocycles. The second-order valence-electron chi connectivity index (χ2n) is 4.81. The van der Waals surface area contributed by atoms with Gasteiger partial charge in [0.05, 0.1) is 22.8 Å². The molecule has 1 aromatic carbocycles. The number of nitriles is 1. The second-order valence-corrected chi connectivity index (χ2v) is 4.81. The Morgan fingerprint density at radius 1 is 1.47 bits per heavy atom. The maximum Gasteiger partial charge on any atom is 0.0991 e. The monoisotopic (exact) mass is 226 g/mol. The van der Waals surface area contributed by atoms with Crippen molar-refractivity contribution in [1.29, 1.82) is 5.26 Å². The summed E-state index contributed by atoms with van der Waals surface area (Å²) < 4.78 is 1.32. The average Bonchev–Trinajstić information content (AvgIpc) is 2.64. The maximum atomic E-state index is 10.2. The molecular weight excluding hydrogens is 212 g/mol. The fourth-order valence-corrected chi connectivity index (χ4v) is 2.92. The van der Waals surface area contributed by atoms with Crippen LogP contribution >= 0.6 is 0 Å². The Balaban J connectivity index is 2.37. The highest BCUT2D eigenvalue weighted by Gasteiger charge is 2.25. The first-order chi connectivity index (χ1) is 8.22. The van der Waals surface area contributed by atoms with Crippen LogP contribution in [-0.4, -0.2) is 9.94 Å². The first kappa shape index (κ1) is 10.2. The summed E-state index contributed by atoms with van der Waals surface area (Å²) in [5.41, 5.74) is 3.73. The molecule has 0 spiro atoms. The van der Waals surface area contributed by atoms with Gasteiger partial charge in [-0.05, 0) is 43.0 Å². The van der Waals surface area contributed by atoms with Gasteiger partial charge in [0.2, 0.25) is 0 Å². The van der Waals surface area contributed by atoms with E-state index in [2.05, 4.69) is 13.0 Å². The molecule has 1 atom stereocenters. The SMILES string of the molecule is CC1CCCc2c1n(O)c1ccc(C#N)cc21. The summed E-state index contributed by atoms with van der Waals surface area (Å²) in [6, 6.07) is 7.63. The number of rotatable bonds is 0. The lowest BCUT2D eigenvalue weighted by atomic mass is 9.88. The van der Waals surface area contributed by atoms with Gasteiger partial charge in [-0.3, -0.25) is 0 Å². The molecule has 0 aliphatic heterocycles. The molecule has 0 saturated heterocycles. The largest absolute Gasteiger partial charge is 0.428 e. The highest BCUT2D eigenvalue weighted by Crippen LogP contribution is 2.37. The quantitative estimate of drug-likeness (QED) is 0.701. The topological polar surface area (TPSA) is 49.0 Å². The molecule has 3 rings (SSSR count). The first-order valence-electron chi connectivity index (χ1n) is 5.99. The number of benzene rings is 1. The van der Waals surface area contributed by atoms with Gasteiger partial charge in [0.15, 0.2) is 0 Å². The zero-order valence-electron chi connectivity index (χ0n) is 9.77. The summed E-state index contributed by atoms with van der Waals surface area (Å²) in [6.45, 7) is 2.15. The van der Waals surface area contributed by atoms with Gasteiger partial charge in [-0.1, -0.05) is 6.92 Å². The van der Waals surface area contributed by atoms with Crippen molar-refractivity contribution in [2.75, 3.05) is 0 Å². The minimum Gasteiger partial charge on any atom is -0.428 e. The van der Waals surface area contributed by atoms with Gasteiger partial charge in [0.25, 0.3) is 0 Å². The lowest BCUT2D eigenvalue weighted by molar-refractivity contribution is 0.183. The molecule has 1 unspecified atom stereocenters. The minimum atomic E-state index is 0.390. The van der Waals surface area contributed by atoms with Crippen molar-refractivity contribution in [3.8, 4) is 6.07 Å². The standard InChI is InChI=1S/C14H14N2O/c1-9-3-2-4-11-12-7-10(8-15)5-6-13(12)16(17)14(9)11/h5-7,9,17H,2-4H2,1H3. The first-order valence-corrected chi connectivity index (χ1v) is 5.99. The Morgan fingerprint density at radius 3 is 3.06 bits per heavy atom. The van der Waals surface area contributed by atoms with Crippen molar-refractivity contribution < 1.29 is 5.21 Å². The maximum absolute atomic E-state index is 10.2. The van der Waals surface area contributed by atoms with E-state index >= 15 is 0 Å². The Hall–Kier alpha value is -1.95. The van der Waals surface area contributed by atoms with E-state index in [9.17, 15) is 5.21 Å². The van der Waals surface area contributed by atoms with Gasteiger partial charge < -0.3 is 5.21 Å². The van der Waals surface area contributed by atoms with Gasteiger partial charge in [-0.25, -0.2) is 0 Å². The molecule has 17 heavy (non-hydrogen) atoms. The molecule has 1 aromatic heterocycles. The zero-order chi connectivity index (χ0) is 12.0. The molecule has 0 amide bonds. The van der Waals surface area contributed by atoms with Crippen LogP contribution in [0.5, 0.6) is 0 Å². The molecule has 1 N–H and O–H groups in total. The Bertz CT molecular complexity index is 634. The molecule has 0 saturated carbocycles. The van der Waals surface area contributed by atoms with Crippen LogP contribution in [0.25, 0.3) is 10.9 Å². The summed E-state index contributed by atoms with van der Waals surface area (Å²) >= 11 is 0. The molecule has 3 nitrogen and oxygen atoms in total. The molecule has 0 radical (unpaired) electrons. The van der Waals surface area contributed by atoms with Crippen LogP contribution in [0.3, 0.4) is 0 Å². The Kier molecular flexibility index (Phi) is 2.12. The number of fused-ring (bicyclic) bond motifs is 3. The summed E-state index contributed by atoms with van der Waals surface area (Å²) in [6.07, 6.45) is 3.28.